The lowest BCUT2D eigenvalue weighted by Gasteiger charge is -2.35. The molecule has 10 heteroatoms. The van der Waals surface area contributed by atoms with E-state index in [1.165, 1.54) is 29.3 Å². The molecule has 206 valence electrons. The van der Waals surface area contributed by atoms with Crippen LogP contribution in [0.15, 0.2) is 52.3 Å². The largest absolute Gasteiger partial charge is 0.371 e. The predicted octanol–water partition coefficient (Wildman–Crippen LogP) is 4.53. The Hall–Kier alpha value is -2.43. The fourth-order valence-electron chi connectivity index (χ4n) is 5.32. The number of nitrogens with one attached hydrogen (secondary N) is 1. The van der Waals surface area contributed by atoms with Crippen LogP contribution in [0.5, 0.6) is 0 Å². The summed E-state index contributed by atoms with van der Waals surface area (Å²) in [5.74, 6) is -0.407. The molecule has 2 aromatic rings. The van der Waals surface area contributed by atoms with E-state index in [1.54, 1.807) is 30.3 Å². The summed E-state index contributed by atoms with van der Waals surface area (Å²) in [5, 5.41) is 2.86. The van der Waals surface area contributed by atoms with Gasteiger partial charge < -0.3 is 10.2 Å². The smallest absolute Gasteiger partial charge is 0.257 e. The third kappa shape index (κ3) is 5.62. The Labute approximate surface area is 226 Å². The van der Waals surface area contributed by atoms with Crippen LogP contribution in [0.3, 0.4) is 0 Å². The van der Waals surface area contributed by atoms with E-state index in [4.69, 9.17) is 0 Å². The monoisotopic (exact) mass is 559 g/mol. The summed E-state index contributed by atoms with van der Waals surface area (Å²) < 4.78 is 53.5. The Morgan fingerprint density at radius 3 is 2.16 bits per heavy atom. The molecule has 3 aliphatic rings. The van der Waals surface area contributed by atoms with Gasteiger partial charge in [0.2, 0.25) is 10.0 Å². The van der Waals surface area contributed by atoms with Gasteiger partial charge >= 0.3 is 0 Å². The van der Waals surface area contributed by atoms with Crippen LogP contribution in [-0.4, -0.2) is 59.0 Å². The molecule has 0 radical (unpaired) electrons. The first kappa shape index (κ1) is 27.1. The quantitative estimate of drug-likeness (QED) is 0.535. The number of carbonyl (C=O) groups is 1. The first-order chi connectivity index (χ1) is 17.8. The summed E-state index contributed by atoms with van der Waals surface area (Å²) in [5.41, 5.74) is 1.39. The molecule has 0 aromatic heterocycles. The Kier molecular flexibility index (Phi) is 6.89. The molecule has 1 N–H and O–H groups in total. The summed E-state index contributed by atoms with van der Waals surface area (Å²) in [6.07, 6.45) is 5.40. The van der Waals surface area contributed by atoms with Crippen LogP contribution in [0.1, 0.15) is 63.2 Å². The maximum atomic E-state index is 13.5. The van der Waals surface area contributed by atoms with Crippen molar-refractivity contribution >= 4 is 37.1 Å². The van der Waals surface area contributed by atoms with Crippen molar-refractivity contribution in [1.29, 1.82) is 0 Å². The number of sulfone groups is 1. The third-order valence-electron chi connectivity index (χ3n) is 7.86. The standard InChI is InChI=1S/C28H37N3O5S2/c1-27(2,3)20-37(33,34)22-7-4-6-21(18-22)29-26(32)24-9-8-23(38(35,36)31-14-5-15-31)19-25(24)30-16-12-28(10-11-28)13-17-30/h4,6-9,18-19H,5,10-17,20H2,1-3H3,(H,29,32). The third-order valence-corrected chi connectivity index (χ3v) is 12.0. The Balaban J connectivity index is 1.44. The Bertz CT molecular complexity index is 1440. The van der Waals surface area contributed by atoms with Crippen LogP contribution in [0.2, 0.25) is 0 Å². The molecule has 0 bridgehead atoms. The van der Waals surface area contributed by atoms with Gasteiger partial charge in [0.05, 0.1) is 26.8 Å². The van der Waals surface area contributed by atoms with E-state index in [0.29, 0.717) is 35.4 Å². The van der Waals surface area contributed by atoms with Crippen molar-refractivity contribution < 1.29 is 21.6 Å². The lowest BCUT2D eigenvalue weighted by atomic mass is 9.93. The SMILES string of the molecule is CC(C)(C)CS(=O)(=O)c1cccc(NC(=O)c2ccc(S(=O)(=O)N3CCC3)cc2N2CCC3(CC2)CC3)c1. The molecule has 1 saturated carbocycles. The van der Waals surface area contributed by atoms with Gasteiger partial charge in [-0.1, -0.05) is 26.8 Å². The van der Waals surface area contributed by atoms with E-state index >= 15 is 0 Å². The predicted molar refractivity (Wildman–Crippen MR) is 149 cm³/mol. The average molecular weight is 560 g/mol. The number of piperidine rings is 1. The second-order valence-corrected chi connectivity index (χ2v) is 16.2. The van der Waals surface area contributed by atoms with Gasteiger partial charge in [-0.05, 0) is 79.3 Å². The van der Waals surface area contributed by atoms with Crippen molar-refractivity contribution in [1.82, 2.24) is 4.31 Å². The number of nitrogens with zero attached hydrogens (tertiary/aromatic N) is 2. The molecule has 1 amide bonds. The number of benzene rings is 2. The molecule has 8 nitrogen and oxygen atoms in total. The van der Waals surface area contributed by atoms with E-state index in [-0.39, 0.29) is 15.5 Å². The number of amides is 1. The van der Waals surface area contributed by atoms with Crippen molar-refractivity contribution in [2.24, 2.45) is 10.8 Å². The maximum absolute atomic E-state index is 13.5. The molecule has 1 spiro atoms. The summed E-state index contributed by atoms with van der Waals surface area (Å²) >= 11 is 0. The molecular formula is C28H37N3O5S2. The molecule has 2 aromatic carbocycles. The molecule has 2 aliphatic heterocycles. The van der Waals surface area contributed by atoms with Crippen LogP contribution in [-0.2, 0) is 19.9 Å². The number of sulfonamides is 1. The Morgan fingerprint density at radius 2 is 1.58 bits per heavy atom. The van der Waals surface area contributed by atoms with Crippen LogP contribution >= 0.6 is 0 Å². The van der Waals surface area contributed by atoms with Gasteiger partial charge in [0.15, 0.2) is 9.84 Å². The first-order valence-corrected chi connectivity index (χ1v) is 16.4. The summed E-state index contributed by atoms with van der Waals surface area (Å²) in [7, 11) is -7.13. The molecule has 2 saturated heterocycles. The van der Waals surface area contributed by atoms with Crippen molar-refractivity contribution in [3.63, 3.8) is 0 Å². The number of carbonyl (C=O) groups excluding carboxylic acids is 1. The fourth-order valence-corrected chi connectivity index (χ4v) is 8.76. The minimum Gasteiger partial charge on any atom is -0.371 e. The van der Waals surface area contributed by atoms with Crippen LogP contribution in [0.25, 0.3) is 0 Å². The fraction of sp³-hybridized carbons (Fsp3) is 0.536. The van der Waals surface area contributed by atoms with Crippen molar-refractivity contribution in [2.75, 3.05) is 42.1 Å². The number of hydrogen-bond donors (Lipinski definition) is 1. The van der Waals surface area contributed by atoms with Gasteiger partial charge in [-0.25, -0.2) is 16.8 Å². The minimum absolute atomic E-state index is 0.00898. The van der Waals surface area contributed by atoms with E-state index in [9.17, 15) is 21.6 Å². The topological polar surface area (TPSA) is 104 Å². The number of rotatable bonds is 7. The van der Waals surface area contributed by atoms with Gasteiger partial charge in [-0.15, -0.1) is 0 Å². The van der Waals surface area contributed by atoms with Gasteiger partial charge in [-0.3, -0.25) is 4.79 Å². The van der Waals surface area contributed by atoms with Gasteiger partial charge in [0.1, 0.15) is 0 Å². The highest BCUT2D eigenvalue weighted by atomic mass is 32.2. The first-order valence-electron chi connectivity index (χ1n) is 13.3. The normalized spacial score (nSPS) is 19.7. The molecule has 3 fully saturated rings. The molecule has 2 heterocycles. The van der Waals surface area contributed by atoms with Crippen LogP contribution in [0.4, 0.5) is 11.4 Å². The summed E-state index contributed by atoms with van der Waals surface area (Å²) in [6.45, 7) is 8.18. The summed E-state index contributed by atoms with van der Waals surface area (Å²) in [6, 6.07) is 11.0. The molecule has 0 atom stereocenters. The van der Waals surface area contributed by atoms with E-state index in [0.717, 1.165) is 32.4 Å². The lowest BCUT2D eigenvalue weighted by Crippen LogP contribution is -2.42. The average Bonchev–Trinajstić information content (AvgIpc) is 3.55. The summed E-state index contributed by atoms with van der Waals surface area (Å²) in [4.78, 5) is 16.0. The van der Waals surface area contributed by atoms with E-state index in [2.05, 4.69) is 10.2 Å². The lowest BCUT2D eigenvalue weighted by molar-refractivity contribution is 0.102. The van der Waals surface area contributed by atoms with Crippen molar-refractivity contribution in [3.05, 3.63) is 48.0 Å². The highest BCUT2D eigenvalue weighted by molar-refractivity contribution is 7.91. The highest BCUT2D eigenvalue weighted by Crippen LogP contribution is 2.54. The van der Waals surface area contributed by atoms with Gasteiger partial charge in [0, 0.05) is 31.9 Å². The Morgan fingerprint density at radius 1 is 0.895 bits per heavy atom. The molecule has 38 heavy (non-hydrogen) atoms. The highest BCUT2D eigenvalue weighted by Gasteiger charge is 2.45. The second-order valence-electron chi connectivity index (χ2n) is 12.2. The number of hydrogen-bond acceptors (Lipinski definition) is 6. The van der Waals surface area contributed by atoms with Crippen LogP contribution in [0, 0.1) is 10.8 Å². The van der Waals surface area contributed by atoms with E-state index < -0.39 is 31.2 Å². The zero-order valence-electron chi connectivity index (χ0n) is 22.4. The van der Waals surface area contributed by atoms with Gasteiger partial charge in [-0.2, -0.15) is 4.31 Å². The van der Waals surface area contributed by atoms with Crippen LogP contribution < -0.4 is 10.2 Å². The second kappa shape index (κ2) is 9.64. The minimum atomic E-state index is -3.60. The molecule has 0 unspecified atom stereocenters. The zero-order valence-corrected chi connectivity index (χ0v) is 24.0. The zero-order chi connectivity index (χ0) is 27.3. The molecular weight excluding hydrogens is 522 g/mol. The number of anilines is 2. The van der Waals surface area contributed by atoms with Crippen molar-refractivity contribution in [2.45, 2.75) is 62.7 Å². The van der Waals surface area contributed by atoms with Gasteiger partial charge in [0.25, 0.3) is 5.91 Å². The van der Waals surface area contributed by atoms with E-state index in [1.807, 2.05) is 20.8 Å². The molecule has 5 rings (SSSR count). The maximum Gasteiger partial charge on any atom is 0.257 e. The molecule has 1 aliphatic carbocycles. The van der Waals surface area contributed by atoms with Crippen molar-refractivity contribution in [3.8, 4) is 0 Å².